The molecule has 0 aliphatic carbocycles. The number of ether oxygens (including phenoxy) is 1. The van der Waals surface area contributed by atoms with Crippen molar-refractivity contribution >= 4 is 38.4 Å². The van der Waals surface area contributed by atoms with Crippen molar-refractivity contribution in [2.45, 2.75) is 5.92 Å². The first kappa shape index (κ1) is 16.4. The molecule has 4 N–H and O–H groups in total. The van der Waals surface area contributed by atoms with E-state index < -0.39 is 11.5 Å². The molecule has 1 aliphatic heterocycles. The molecule has 0 spiro atoms. The third-order valence-electron chi connectivity index (χ3n) is 4.16. The fourth-order valence-electron chi connectivity index (χ4n) is 3.02. The lowest BCUT2D eigenvalue weighted by Crippen LogP contribution is -2.27. The monoisotopic (exact) mass is 385 g/mol. The van der Waals surface area contributed by atoms with Gasteiger partial charge in [0.05, 0.1) is 11.5 Å². The summed E-state index contributed by atoms with van der Waals surface area (Å²) in [5, 5.41) is 13.6. The van der Waals surface area contributed by atoms with E-state index in [4.69, 9.17) is 22.1 Å². The quantitative estimate of drug-likeness (QED) is 0.624. The molecule has 1 atom stereocenters. The zero-order valence-corrected chi connectivity index (χ0v) is 15.0. The number of pyridine rings is 1. The van der Waals surface area contributed by atoms with Gasteiger partial charge in [0, 0.05) is 12.1 Å². The fourth-order valence-corrected chi connectivity index (χ4v) is 4.14. The van der Waals surface area contributed by atoms with Crippen LogP contribution in [0.3, 0.4) is 0 Å². The van der Waals surface area contributed by atoms with Crippen molar-refractivity contribution in [2.24, 2.45) is 5.73 Å². The van der Waals surface area contributed by atoms with Crippen LogP contribution in [0.15, 0.2) is 40.5 Å². The number of nitrogens with two attached hydrogens (primary N) is 1. The van der Waals surface area contributed by atoms with Crippen LogP contribution >= 0.6 is 22.9 Å². The van der Waals surface area contributed by atoms with E-state index in [0.717, 1.165) is 0 Å². The summed E-state index contributed by atoms with van der Waals surface area (Å²) in [5.74, 6) is -0.453. The summed E-state index contributed by atoms with van der Waals surface area (Å²) in [7, 11) is 1.73. The number of allylic oxidation sites excluding steroid dienone is 1. The molecule has 0 fully saturated rings. The number of aromatic nitrogens is 2. The SMILES string of the molecule is CNc1nc2[nH]c(=O)c3c(c2s1)OC(N)=C(C#N)C3c1ccccc1Cl. The highest BCUT2D eigenvalue weighted by molar-refractivity contribution is 7.22. The second-order valence-corrected chi connectivity index (χ2v) is 7.00. The minimum Gasteiger partial charge on any atom is -0.438 e. The van der Waals surface area contributed by atoms with Crippen molar-refractivity contribution in [1.29, 1.82) is 5.26 Å². The molecule has 7 nitrogen and oxygen atoms in total. The lowest BCUT2D eigenvalue weighted by molar-refractivity contribution is 0.397. The molecule has 1 aliphatic rings. The van der Waals surface area contributed by atoms with Gasteiger partial charge in [0.1, 0.15) is 16.3 Å². The summed E-state index contributed by atoms with van der Waals surface area (Å²) in [4.78, 5) is 19.9. The molecular formula is C17H12ClN5O2S. The molecule has 0 saturated carbocycles. The number of hydrogen-bond acceptors (Lipinski definition) is 7. The van der Waals surface area contributed by atoms with Gasteiger partial charge in [-0.2, -0.15) is 5.26 Å². The Bertz CT molecular complexity index is 1170. The van der Waals surface area contributed by atoms with E-state index in [1.54, 1.807) is 31.3 Å². The summed E-state index contributed by atoms with van der Waals surface area (Å²) in [6.07, 6.45) is 0. The van der Waals surface area contributed by atoms with E-state index in [1.807, 2.05) is 0 Å². The van der Waals surface area contributed by atoms with Crippen LogP contribution in [-0.4, -0.2) is 17.0 Å². The highest BCUT2D eigenvalue weighted by Crippen LogP contribution is 2.46. The van der Waals surface area contributed by atoms with Crippen molar-refractivity contribution in [2.75, 3.05) is 12.4 Å². The van der Waals surface area contributed by atoms with Crippen LogP contribution in [-0.2, 0) is 0 Å². The first-order chi connectivity index (χ1) is 12.5. The van der Waals surface area contributed by atoms with Crippen LogP contribution in [0.1, 0.15) is 17.0 Å². The Hall–Kier alpha value is -3.02. The van der Waals surface area contributed by atoms with Gasteiger partial charge in [-0.05, 0) is 11.6 Å². The van der Waals surface area contributed by atoms with E-state index in [1.165, 1.54) is 11.3 Å². The van der Waals surface area contributed by atoms with Crippen LogP contribution < -0.4 is 21.3 Å². The summed E-state index contributed by atoms with van der Waals surface area (Å²) in [6.45, 7) is 0. The predicted molar refractivity (Wildman–Crippen MR) is 101 cm³/mol. The van der Waals surface area contributed by atoms with Crippen molar-refractivity contribution in [3.8, 4) is 11.8 Å². The first-order valence-corrected chi connectivity index (χ1v) is 8.81. The highest BCUT2D eigenvalue weighted by atomic mass is 35.5. The van der Waals surface area contributed by atoms with E-state index in [-0.39, 0.29) is 11.5 Å². The molecule has 0 bridgehead atoms. The summed E-state index contributed by atoms with van der Waals surface area (Å²) < 4.78 is 6.33. The molecule has 26 heavy (non-hydrogen) atoms. The van der Waals surface area contributed by atoms with Gasteiger partial charge in [-0.1, -0.05) is 41.1 Å². The Morgan fingerprint density at radius 1 is 1.46 bits per heavy atom. The number of nitrogens with one attached hydrogen (secondary N) is 2. The van der Waals surface area contributed by atoms with Crippen LogP contribution in [0.2, 0.25) is 5.02 Å². The van der Waals surface area contributed by atoms with Crippen molar-refractivity contribution < 1.29 is 4.74 Å². The van der Waals surface area contributed by atoms with Crippen LogP contribution in [0.5, 0.6) is 5.75 Å². The van der Waals surface area contributed by atoms with Crippen LogP contribution in [0.4, 0.5) is 5.13 Å². The lowest BCUT2D eigenvalue weighted by Gasteiger charge is -2.26. The molecule has 0 saturated heterocycles. The first-order valence-electron chi connectivity index (χ1n) is 7.61. The number of aromatic amines is 1. The number of nitriles is 1. The van der Waals surface area contributed by atoms with Gasteiger partial charge < -0.3 is 20.8 Å². The molecular weight excluding hydrogens is 374 g/mol. The minimum absolute atomic E-state index is 0.0452. The topological polar surface area (TPSA) is 117 Å². The van der Waals surface area contributed by atoms with Crippen LogP contribution in [0, 0.1) is 11.3 Å². The molecule has 3 aromatic rings. The molecule has 1 aromatic carbocycles. The molecule has 1 unspecified atom stereocenters. The van der Waals surface area contributed by atoms with Crippen molar-refractivity contribution in [3.63, 3.8) is 0 Å². The number of fused-ring (bicyclic) bond motifs is 3. The third kappa shape index (κ3) is 2.33. The van der Waals surface area contributed by atoms with E-state index in [9.17, 15) is 10.1 Å². The third-order valence-corrected chi connectivity index (χ3v) is 5.58. The number of nitrogens with zero attached hydrogens (tertiary/aromatic N) is 2. The zero-order chi connectivity index (χ0) is 18.4. The van der Waals surface area contributed by atoms with E-state index >= 15 is 0 Å². The number of anilines is 1. The lowest BCUT2D eigenvalue weighted by atomic mass is 9.84. The maximum atomic E-state index is 12.8. The molecule has 130 valence electrons. The number of halogens is 1. The smallest absolute Gasteiger partial charge is 0.257 e. The standard InChI is InChI=1S/C17H12ClN5O2S/c1-21-17-23-15-13(26-17)12-11(16(24)22-15)10(8(6-19)14(20)25-12)7-4-2-3-5-9(7)18/h2-5,10H,20H2,1H3,(H2,21,22,23,24). The fraction of sp³-hybridized carbons (Fsp3) is 0.118. The van der Waals surface area contributed by atoms with Gasteiger partial charge in [-0.15, -0.1) is 0 Å². The van der Waals surface area contributed by atoms with Gasteiger partial charge in [0.25, 0.3) is 5.56 Å². The molecule has 0 amide bonds. The molecule has 4 rings (SSSR count). The average molecular weight is 386 g/mol. The molecule has 3 heterocycles. The maximum Gasteiger partial charge on any atom is 0.257 e. The molecule has 9 heteroatoms. The van der Waals surface area contributed by atoms with Gasteiger partial charge in [0.15, 0.2) is 16.5 Å². The number of thiazole rings is 1. The Morgan fingerprint density at radius 3 is 2.92 bits per heavy atom. The molecule has 0 radical (unpaired) electrons. The largest absolute Gasteiger partial charge is 0.438 e. The van der Waals surface area contributed by atoms with E-state index in [0.29, 0.717) is 37.4 Å². The van der Waals surface area contributed by atoms with Gasteiger partial charge in [0.2, 0.25) is 5.88 Å². The Morgan fingerprint density at radius 2 is 2.23 bits per heavy atom. The minimum atomic E-state index is -0.717. The maximum absolute atomic E-state index is 12.8. The average Bonchev–Trinajstić information content (AvgIpc) is 3.04. The Labute approximate surface area is 156 Å². The highest BCUT2D eigenvalue weighted by Gasteiger charge is 2.36. The van der Waals surface area contributed by atoms with Gasteiger partial charge >= 0.3 is 0 Å². The van der Waals surface area contributed by atoms with Gasteiger partial charge in [-0.25, -0.2) is 4.98 Å². The second-order valence-electron chi connectivity index (χ2n) is 5.59. The number of benzene rings is 1. The Balaban J connectivity index is 2.09. The number of rotatable bonds is 2. The van der Waals surface area contributed by atoms with E-state index in [2.05, 4.69) is 21.4 Å². The number of hydrogen-bond donors (Lipinski definition) is 3. The Kier molecular flexibility index (Phi) is 3.83. The number of H-pyrrole nitrogens is 1. The summed E-state index contributed by atoms with van der Waals surface area (Å²) in [6, 6.07) is 9.10. The van der Waals surface area contributed by atoms with Crippen molar-refractivity contribution in [3.05, 3.63) is 62.2 Å². The zero-order valence-electron chi connectivity index (χ0n) is 13.5. The summed E-state index contributed by atoms with van der Waals surface area (Å²) >= 11 is 7.67. The predicted octanol–water partition coefficient (Wildman–Crippen LogP) is 2.90. The van der Waals surface area contributed by atoms with Crippen molar-refractivity contribution in [1.82, 2.24) is 9.97 Å². The second kappa shape index (κ2) is 6.05. The van der Waals surface area contributed by atoms with Crippen LogP contribution in [0.25, 0.3) is 10.3 Å². The molecule has 2 aromatic heterocycles. The van der Waals surface area contributed by atoms with Gasteiger partial charge in [-0.3, -0.25) is 4.79 Å². The normalized spacial score (nSPS) is 16.1. The summed E-state index contributed by atoms with van der Waals surface area (Å²) in [5.41, 5.74) is 7.06.